The van der Waals surface area contributed by atoms with Gasteiger partial charge in [-0.05, 0) is 54.3 Å². The van der Waals surface area contributed by atoms with Crippen molar-refractivity contribution in [2.75, 3.05) is 19.7 Å². The van der Waals surface area contributed by atoms with E-state index in [-0.39, 0.29) is 23.1 Å². The van der Waals surface area contributed by atoms with Crippen molar-refractivity contribution in [1.82, 2.24) is 15.2 Å². The summed E-state index contributed by atoms with van der Waals surface area (Å²) in [5, 5.41) is 6.49. The Labute approximate surface area is 233 Å². The number of amides is 1. The average Bonchev–Trinajstić information content (AvgIpc) is 3.24. The first-order valence-electron chi connectivity index (χ1n) is 13.7. The first kappa shape index (κ1) is 30.6. The molecule has 2 aromatic carbocycles. The lowest BCUT2D eigenvalue weighted by Crippen LogP contribution is -2.36. The van der Waals surface area contributed by atoms with Crippen LogP contribution >= 0.6 is 0 Å². The van der Waals surface area contributed by atoms with Crippen molar-refractivity contribution in [2.45, 2.75) is 65.5 Å². The average molecular weight is 556 g/mol. The number of hydrogen-bond donors (Lipinski definition) is 2. The Morgan fingerprint density at radius 1 is 1.03 bits per heavy atom. The van der Waals surface area contributed by atoms with E-state index in [1.54, 1.807) is 0 Å². The van der Waals surface area contributed by atoms with E-state index < -0.39 is 19.7 Å². The SMILES string of the molecule is CC(C)(C)C(NCCCNC(=O)OCC[Si](C)(C)C)c1cc(-c2cc(F)ccc2F)cn1Cc1ccccc1. The van der Waals surface area contributed by atoms with Gasteiger partial charge in [0.2, 0.25) is 0 Å². The molecule has 1 heterocycles. The number of rotatable bonds is 12. The molecule has 0 aliphatic heterocycles. The van der Waals surface area contributed by atoms with Crippen LogP contribution in [0.4, 0.5) is 13.6 Å². The zero-order valence-electron chi connectivity index (χ0n) is 24.1. The summed E-state index contributed by atoms with van der Waals surface area (Å²) in [6.07, 6.45) is 2.25. The summed E-state index contributed by atoms with van der Waals surface area (Å²) in [5.74, 6) is -0.927. The largest absolute Gasteiger partial charge is 0.450 e. The van der Waals surface area contributed by atoms with Gasteiger partial charge in [-0.3, -0.25) is 0 Å². The highest BCUT2D eigenvalue weighted by Gasteiger charge is 2.29. The number of carbonyl (C=O) groups excluding carboxylic acids is 1. The molecule has 2 N–H and O–H groups in total. The third-order valence-corrected chi connectivity index (χ3v) is 8.29. The van der Waals surface area contributed by atoms with Gasteiger partial charge in [-0.2, -0.15) is 0 Å². The van der Waals surface area contributed by atoms with Crippen LogP contribution in [0.15, 0.2) is 60.8 Å². The minimum Gasteiger partial charge on any atom is -0.450 e. The molecule has 0 aliphatic carbocycles. The molecule has 0 spiro atoms. The number of alkyl carbamates (subject to hydrolysis) is 1. The maximum absolute atomic E-state index is 14.7. The highest BCUT2D eigenvalue weighted by atomic mass is 28.3. The molecule has 5 nitrogen and oxygen atoms in total. The molecule has 8 heteroatoms. The first-order chi connectivity index (χ1) is 18.3. The summed E-state index contributed by atoms with van der Waals surface area (Å²) >= 11 is 0. The Balaban J connectivity index is 1.74. The number of hydrogen-bond acceptors (Lipinski definition) is 3. The highest BCUT2D eigenvalue weighted by Crippen LogP contribution is 2.37. The molecular weight excluding hydrogens is 512 g/mol. The standard InChI is InChI=1S/C31H43F2N3O2Si/c1-31(2,3)29(34-15-10-16-35-30(37)38-17-18-39(4,5)6)28-19-24(26-20-25(32)13-14-27(26)33)22-36(28)21-23-11-8-7-9-12-23/h7-9,11-14,19-20,22,29,34H,10,15-18,21H2,1-6H3,(H,35,37). The molecule has 0 aliphatic rings. The van der Waals surface area contributed by atoms with Crippen molar-refractivity contribution in [2.24, 2.45) is 5.41 Å². The second-order valence-corrected chi connectivity index (χ2v) is 18.0. The van der Waals surface area contributed by atoms with Gasteiger partial charge in [-0.1, -0.05) is 70.7 Å². The van der Waals surface area contributed by atoms with Gasteiger partial charge in [0.25, 0.3) is 0 Å². The molecular formula is C31H43F2N3O2Si. The Kier molecular flexibility index (Phi) is 10.5. The van der Waals surface area contributed by atoms with Crippen molar-refractivity contribution in [3.8, 4) is 11.1 Å². The third-order valence-electron chi connectivity index (χ3n) is 6.58. The number of nitrogens with one attached hydrogen (secondary N) is 2. The van der Waals surface area contributed by atoms with Gasteiger partial charge in [0.15, 0.2) is 0 Å². The number of ether oxygens (including phenoxy) is 1. The quantitative estimate of drug-likeness (QED) is 0.179. The molecule has 0 fully saturated rings. The van der Waals surface area contributed by atoms with Gasteiger partial charge >= 0.3 is 6.09 Å². The summed E-state index contributed by atoms with van der Waals surface area (Å²) in [5.41, 5.74) is 2.81. The number of carbonyl (C=O) groups is 1. The lowest BCUT2D eigenvalue weighted by Gasteiger charge is -2.33. The predicted octanol–water partition coefficient (Wildman–Crippen LogP) is 7.61. The van der Waals surface area contributed by atoms with Gasteiger partial charge in [0, 0.05) is 44.2 Å². The Hall–Kier alpha value is -2.97. The van der Waals surface area contributed by atoms with Crippen molar-refractivity contribution in [1.29, 1.82) is 0 Å². The Morgan fingerprint density at radius 3 is 2.41 bits per heavy atom. The van der Waals surface area contributed by atoms with Gasteiger partial charge in [0.1, 0.15) is 11.6 Å². The normalized spacial score (nSPS) is 12.8. The van der Waals surface area contributed by atoms with Crippen LogP contribution in [-0.4, -0.2) is 38.4 Å². The highest BCUT2D eigenvalue weighted by molar-refractivity contribution is 6.76. The van der Waals surface area contributed by atoms with Crippen molar-refractivity contribution in [3.63, 3.8) is 0 Å². The van der Waals surface area contributed by atoms with Crippen LogP contribution in [0.25, 0.3) is 11.1 Å². The zero-order valence-corrected chi connectivity index (χ0v) is 25.1. The topological polar surface area (TPSA) is 55.3 Å². The number of aromatic nitrogens is 1. The predicted molar refractivity (Wildman–Crippen MR) is 158 cm³/mol. The van der Waals surface area contributed by atoms with Gasteiger partial charge < -0.3 is 19.9 Å². The smallest absolute Gasteiger partial charge is 0.407 e. The molecule has 39 heavy (non-hydrogen) atoms. The Bertz CT molecular complexity index is 1220. The van der Waals surface area contributed by atoms with Gasteiger partial charge in [-0.25, -0.2) is 13.6 Å². The fraction of sp³-hybridized carbons (Fsp3) is 0.452. The van der Waals surface area contributed by atoms with Crippen molar-refractivity contribution in [3.05, 3.63) is 83.7 Å². The van der Waals surface area contributed by atoms with E-state index in [4.69, 9.17) is 4.74 Å². The molecule has 1 atom stereocenters. The minimum absolute atomic E-state index is 0.0738. The summed E-state index contributed by atoms with van der Waals surface area (Å²) < 4.78 is 36.2. The van der Waals surface area contributed by atoms with Crippen LogP contribution in [0.1, 0.15) is 44.5 Å². The van der Waals surface area contributed by atoms with E-state index in [0.717, 1.165) is 29.8 Å². The van der Waals surface area contributed by atoms with Crippen LogP contribution in [-0.2, 0) is 11.3 Å². The molecule has 0 radical (unpaired) electrons. The number of benzene rings is 2. The minimum atomic E-state index is -1.24. The van der Waals surface area contributed by atoms with Crippen LogP contribution in [0.3, 0.4) is 0 Å². The summed E-state index contributed by atoms with van der Waals surface area (Å²) in [4.78, 5) is 12.0. The summed E-state index contributed by atoms with van der Waals surface area (Å²) in [6, 6.07) is 16.5. The lowest BCUT2D eigenvalue weighted by molar-refractivity contribution is 0.151. The van der Waals surface area contributed by atoms with E-state index in [9.17, 15) is 13.6 Å². The van der Waals surface area contributed by atoms with Crippen LogP contribution in [0.5, 0.6) is 0 Å². The summed E-state index contributed by atoms with van der Waals surface area (Å²) in [6.45, 7) is 15.4. The molecule has 0 bridgehead atoms. The van der Waals surface area contributed by atoms with Crippen LogP contribution in [0.2, 0.25) is 25.7 Å². The molecule has 1 aromatic heterocycles. The zero-order chi connectivity index (χ0) is 28.6. The summed E-state index contributed by atoms with van der Waals surface area (Å²) in [7, 11) is -1.24. The van der Waals surface area contributed by atoms with Crippen molar-refractivity contribution >= 4 is 14.2 Å². The molecule has 0 saturated carbocycles. The molecule has 1 amide bonds. The second kappa shape index (κ2) is 13.4. The van der Waals surface area contributed by atoms with Crippen LogP contribution in [0, 0.1) is 17.0 Å². The second-order valence-electron chi connectivity index (χ2n) is 12.4. The van der Waals surface area contributed by atoms with E-state index in [1.165, 1.54) is 12.1 Å². The van der Waals surface area contributed by atoms with E-state index in [0.29, 0.717) is 31.8 Å². The molecule has 1 unspecified atom stereocenters. The maximum Gasteiger partial charge on any atom is 0.407 e. The van der Waals surface area contributed by atoms with E-state index in [1.807, 2.05) is 30.5 Å². The number of nitrogens with zero attached hydrogens (tertiary/aromatic N) is 1. The van der Waals surface area contributed by atoms with E-state index >= 15 is 0 Å². The molecule has 212 valence electrons. The fourth-order valence-electron chi connectivity index (χ4n) is 4.43. The lowest BCUT2D eigenvalue weighted by atomic mass is 9.84. The molecule has 3 aromatic rings. The molecule has 3 rings (SSSR count). The van der Waals surface area contributed by atoms with Gasteiger partial charge in [-0.15, -0.1) is 0 Å². The van der Waals surface area contributed by atoms with Crippen LogP contribution < -0.4 is 10.6 Å². The fourth-order valence-corrected chi connectivity index (χ4v) is 5.15. The Morgan fingerprint density at radius 2 is 1.74 bits per heavy atom. The monoisotopic (exact) mass is 555 g/mol. The maximum atomic E-state index is 14.7. The number of halogens is 2. The molecule has 0 saturated heterocycles. The third kappa shape index (κ3) is 9.62. The van der Waals surface area contributed by atoms with E-state index in [2.05, 4.69) is 67.7 Å². The van der Waals surface area contributed by atoms with Gasteiger partial charge in [0.05, 0.1) is 12.6 Å². The first-order valence-corrected chi connectivity index (χ1v) is 17.4. The van der Waals surface area contributed by atoms with Crippen molar-refractivity contribution < 1.29 is 18.3 Å².